The Morgan fingerprint density at radius 1 is 1.47 bits per heavy atom. The van der Waals surface area contributed by atoms with Crippen LogP contribution in [0.3, 0.4) is 0 Å². The van der Waals surface area contributed by atoms with Gasteiger partial charge in [-0.2, -0.15) is 0 Å². The molecule has 1 amide bonds. The number of aromatic nitrogens is 2. The fourth-order valence-electron chi connectivity index (χ4n) is 2.18. The number of thioether (sulfide) groups is 1. The SMILES string of the molecule is C=CCSc1nnc(NC(=O)C2CCC(C)CC2)s1. The minimum atomic E-state index is 0.100. The second-order valence-corrected chi connectivity index (χ2v) is 7.16. The number of rotatable bonds is 5. The van der Waals surface area contributed by atoms with Gasteiger partial charge in [0.15, 0.2) is 4.34 Å². The number of carbonyl (C=O) groups excluding carboxylic acids is 1. The summed E-state index contributed by atoms with van der Waals surface area (Å²) < 4.78 is 0.868. The molecule has 0 aliphatic heterocycles. The number of nitrogens with one attached hydrogen (secondary N) is 1. The van der Waals surface area contributed by atoms with Crippen LogP contribution >= 0.6 is 23.1 Å². The smallest absolute Gasteiger partial charge is 0.229 e. The summed E-state index contributed by atoms with van der Waals surface area (Å²) in [6.07, 6.45) is 6.10. The van der Waals surface area contributed by atoms with Crippen molar-refractivity contribution in [2.24, 2.45) is 11.8 Å². The molecule has 0 atom stereocenters. The van der Waals surface area contributed by atoms with Gasteiger partial charge < -0.3 is 5.32 Å². The van der Waals surface area contributed by atoms with Crippen LogP contribution in [0, 0.1) is 11.8 Å². The largest absolute Gasteiger partial charge is 0.300 e. The highest BCUT2D eigenvalue weighted by molar-refractivity contribution is 8.01. The van der Waals surface area contributed by atoms with Crippen molar-refractivity contribution in [1.29, 1.82) is 0 Å². The normalized spacial score (nSPS) is 23.0. The summed E-state index contributed by atoms with van der Waals surface area (Å²) >= 11 is 3.01. The lowest BCUT2D eigenvalue weighted by Crippen LogP contribution is -2.26. The number of amides is 1. The van der Waals surface area contributed by atoms with Crippen LogP contribution in [0.2, 0.25) is 0 Å². The lowest BCUT2D eigenvalue weighted by Gasteiger charge is -2.24. The van der Waals surface area contributed by atoms with Gasteiger partial charge in [0.05, 0.1) is 0 Å². The highest BCUT2D eigenvalue weighted by atomic mass is 32.2. The summed E-state index contributed by atoms with van der Waals surface area (Å²) in [7, 11) is 0. The second-order valence-electron chi connectivity index (χ2n) is 4.92. The molecule has 1 aromatic heterocycles. The summed E-state index contributed by atoms with van der Waals surface area (Å²) in [6.45, 7) is 5.92. The lowest BCUT2D eigenvalue weighted by molar-refractivity contribution is -0.121. The first kappa shape index (κ1) is 14.5. The predicted molar refractivity (Wildman–Crippen MR) is 80.6 cm³/mol. The predicted octanol–water partition coefficient (Wildman–Crippen LogP) is 3.58. The average Bonchev–Trinajstić information content (AvgIpc) is 2.84. The van der Waals surface area contributed by atoms with E-state index < -0.39 is 0 Å². The van der Waals surface area contributed by atoms with E-state index in [1.807, 2.05) is 6.08 Å². The van der Waals surface area contributed by atoms with E-state index in [1.165, 1.54) is 11.3 Å². The summed E-state index contributed by atoms with van der Waals surface area (Å²) in [5.41, 5.74) is 0. The Kier molecular flexibility index (Phi) is 5.39. The van der Waals surface area contributed by atoms with Crippen molar-refractivity contribution in [2.45, 2.75) is 36.9 Å². The molecule has 1 fully saturated rings. The Morgan fingerprint density at radius 2 is 2.21 bits per heavy atom. The van der Waals surface area contributed by atoms with Crippen molar-refractivity contribution in [2.75, 3.05) is 11.1 Å². The molecule has 4 nitrogen and oxygen atoms in total. The lowest BCUT2D eigenvalue weighted by atomic mass is 9.82. The molecule has 2 rings (SSSR count). The van der Waals surface area contributed by atoms with E-state index in [4.69, 9.17) is 0 Å². The first-order valence-corrected chi connectivity index (χ1v) is 8.37. The monoisotopic (exact) mass is 297 g/mol. The first-order valence-electron chi connectivity index (χ1n) is 6.57. The quantitative estimate of drug-likeness (QED) is 0.513. The highest BCUT2D eigenvalue weighted by Gasteiger charge is 2.25. The Hall–Kier alpha value is -0.880. The van der Waals surface area contributed by atoms with Gasteiger partial charge >= 0.3 is 0 Å². The molecule has 1 heterocycles. The molecule has 0 aromatic carbocycles. The zero-order chi connectivity index (χ0) is 13.7. The maximum Gasteiger partial charge on any atom is 0.229 e. The Bertz CT molecular complexity index is 439. The van der Waals surface area contributed by atoms with E-state index >= 15 is 0 Å². The van der Waals surface area contributed by atoms with Gasteiger partial charge in [-0.15, -0.1) is 16.8 Å². The molecular weight excluding hydrogens is 278 g/mol. The molecule has 1 N–H and O–H groups in total. The van der Waals surface area contributed by atoms with Gasteiger partial charge in [0.2, 0.25) is 11.0 Å². The standard InChI is InChI=1S/C13H19N3OS2/c1-3-8-18-13-16-15-12(19-13)14-11(17)10-6-4-9(2)5-7-10/h3,9-10H,1,4-8H2,2H3,(H,14,15,17). The van der Waals surface area contributed by atoms with Crippen molar-refractivity contribution in [3.8, 4) is 0 Å². The Labute approximate surface area is 122 Å². The third kappa shape index (κ3) is 4.31. The molecule has 1 saturated carbocycles. The molecule has 1 aromatic rings. The molecule has 0 bridgehead atoms. The summed E-state index contributed by atoms with van der Waals surface area (Å²) in [5, 5.41) is 11.5. The van der Waals surface area contributed by atoms with Gasteiger partial charge in [-0.1, -0.05) is 36.1 Å². The molecule has 0 spiro atoms. The van der Waals surface area contributed by atoms with Crippen molar-refractivity contribution < 1.29 is 4.79 Å². The minimum Gasteiger partial charge on any atom is -0.300 e. The molecule has 0 radical (unpaired) electrons. The van der Waals surface area contributed by atoms with Crippen molar-refractivity contribution in [1.82, 2.24) is 10.2 Å². The van der Waals surface area contributed by atoms with Crippen LogP contribution in [0.15, 0.2) is 17.0 Å². The van der Waals surface area contributed by atoms with Crippen LogP contribution in [0.4, 0.5) is 5.13 Å². The van der Waals surface area contributed by atoms with Crippen LogP contribution in [0.25, 0.3) is 0 Å². The highest BCUT2D eigenvalue weighted by Crippen LogP contribution is 2.30. The molecule has 104 valence electrons. The number of hydrogen-bond acceptors (Lipinski definition) is 5. The molecule has 1 aliphatic carbocycles. The molecule has 0 unspecified atom stereocenters. The summed E-state index contributed by atoms with van der Waals surface area (Å²) in [6, 6.07) is 0. The molecule has 1 aliphatic rings. The summed E-state index contributed by atoms with van der Waals surface area (Å²) in [5.74, 6) is 1.81. The van der Waals surface area contributed by atoms with E-state index in [1.54, 1.807) is 11.8 Å². The molecule has 6 heteroatoms. The maximum absolute atomic E-state index is 12.1. The van der Waals surface area contributed by atoms with Crippen LogP contribution in [0.5, 0.6) is 0 Å². The zero-order valence-corrected chi connectivity index (χ0v) is 12.7. The molecule has 19 heavy (non-hydrogen) atoms. The van der Waals surface area contributed by atoms with Crippen LogP contribution in [-0.4, -0.2) is 21.9 Å². The van der Waals surface area contributed by atoms with Gasteiger partial charge in [0, 0.05) is 11.7 Å². The Morgan fingerprint density at radius 3 is 2.89 bits per heavy atom. The van der Waals surface area contributed by atoms with Gasteiger partial charge in [-0.25, -0.2) is 0 Å². The van der Waals surface area contributed by atoms with Crippen LogP contribution < -0.4 is 5.32 Å². The zero-order valence-electron chi connectivity index (χ0n) is 11.1. The van der Waals surface area contributed by atoms with E-state index in [0.29, 0.717) is 5.13 Å². The summed E-state index contributed by atoms with van der Waals surface area (Å²) in [4.78, 5) is 12.1. The fraction of sp³-hybridized carbons (Fsp3) is 0.615. The van der Waals surface area contributed by atoms with Crippen molar-refractivity contribution in [3.63, 3.8) is 0 Å². The molecular formula is C13H19N3OS2. The number of anilines is 1. The molecule has 0 saturated heterocycles. The first-order chi connectivity index (χ1) is 9.19. The number of hydrogen-bond donors (Lipinski definition) is 1. The average molecular weight is 297 g/mol. The fourth-order valence-corrected chi connectivity index (χ4v) is 3.69. The van der Waals surface area contributed by atoms with E-state index in [0.717, 1.165) is 41.7 Å². The van der Waals surface area contributed by atoms with E-state index in [-0.39, 0.29) is 11.8 Å². The third-order valence-corrected chi connectivity index (χ3v) is 5.32. The van der Waals surface area contributed by atoms with E-state index in [2.05, 4.69) is 29.0 Å². The van der Waals surface area contributed by atoms with Crippen molar-refractivity contribution >= 4 is 34.1 Å². The van der Waals surface area contributed by atoms with Gasteiger partial charge in [-0.3, -0.25) is 4.79 Å². The van der Waals surface area contributed by atoms with Crippen LogP contribution in [-0.2, 0) is 4.79 Å². The van der Waals surface area contributed by atoms with Gasteiger partial charge in [-0.05, 0) is 31.6 Å². The topological polar surface area (TPSA) is 54.9 Å². The van der Waals surface area contributed by atoms with Gasteiger partial charge in [0.1, 0.15) is 0 Å². The van der Waals surface area contributed by atoms with Gasteiger partial charge in [0.25, 0.3) is 0 Å². The maximum atomic E-state index is 12.1. The van der Waals surface area contributed by atoms with Crippen molar-refractivity contribution in [3.05, 3.63) is 12.7 Å². The Balaban J connectivity index is 1.84. The second kappa shape index (κ2) is 7.05. The van der Waals surface area contributed by atoms with Crippen LogP contribution in [0.1, 0.15) is 32.6 Å². The number of carbonyl (C=O) groups is 1. The minimum absolute atomic E-state index is 0.100. The third-order valence-electron chi connectivity index (χ3n) is 3.35. The number of nitrogens with zero attached hydrogens (tertiary/aromatic N) is 2. The van der Waals surface area contributed by atoms with E-state index in [9.17, 15) is 4.79 Å².